The Morgan fingerprint density at radius 1 is 1.12 bits per heavy atom. The van der Waals surface area contributed by atoms with Gasteiger partial charge < -0.3 is 10.2 Å². The van der Waals surface area contributed by atoms with Crippen LogP contribution in [-0.4, -0.2) is 15.2 Å². The van der Waals surface area contributed by atoms with Crippen LogP contribution in [0.5, 0.6) is 5.75 Å². The summed E-state index contributed by atoms with van der Waals surface area (Å²) in [7, 11) is 0. The van der Waals surface area contributed by atoms with Crippen LogP contribution in [0, 0.1) is 5.95 Å². The van der Waals surface area contributed by atoms with E-state index in [2.05, 4.69) is 4.98 Å². The van der Waals surface area contributed by atoms with E-state index in [1.807, 2.05) is 0 Å². The number of hydrogen-bond donors (Lipinski definition) is 2. The zero-order chi connectivity index (χ0) is 11.5. The van der Waals surface area contributed by atoms with Gasteiger partial charge in [0.15, 0.2) is 0 Å². The molecule has 1 unspecified atom stereocenters. The lowest BCUT2D eigenvalue weighted by Crippen LogP contribution is -2.03. The van der Waals surface area contributed by atoms with Crippen LogP contribution in [0.25, 0.3) is 0 Å². The third-order valence-electron chi connectivity index (χ3n) is 2.29. The number of aromatic nitrogens is 1. The van der Waals surface area contributed by atoms with E-state index in [0.717, 1.165) is 0 Å². The summed E-state index contributed by atoms with van der Waals surface area (Å²) in [6, 6.07) is 8.97. The number of benzene rings is 1. The molecule has 0 fully saturated rings. The maximum Gasteiger partial charge on any atom is 0.218 e. The Bertz CT molecular complexity index is 485. The highest BCUT2D eigenvalue weighted by Crippen LogP contribution is 2.24. The molecule has 2 N–H and O–H groups in total. The molecule has 4 heteroatoms. The Hall–Kier alpha value is -1.94. The standard InChI is InChI=1S/C12H10FNO2/c13-12-10(2-1-7-14-12)11(16)8-3-5-9(15)6-4-8/h1-7,11,15-16H. The first-order valence-electron chi connectivity index (χ1n) is 4.76. The molecule has 16 heavy (non-hydrogen) atoms. The van der Waals surface area contributed by atoms with E-state index in [-0.39, 0.29) is 11.3 Å². The molecular weight excluding hydrogens is 209 g/mol. The topological polar surface area (TPSA) is 53.4 Å². The second kappa shape index (κ2) is 4.28. The molecule has 2 aromatic rings. The van der Waals surface area contributed by atoms with E-state index in [9.17, 15) is 9.50 Å². The second-order valence-electron chi connectivity index (χ2n) is 3.38. The lowest BCUT2D eigenvalue weighted by molar-refractivity contribution is 0.213. The summed E-state index contributed by atoms with van der Waals surface area (Å²) in [4.78, 5) is 3.47. The SMILES string of the molecule is Oc1ccc(C(O)c2cccnc2F)cc1. The molecule has 1 aromatic heterocycles. The number of nitrogens with zero attached hydrogens (tertiary/aromatic N) is 1. The van der Waals surface area contributed by atoms with Gasteiger partial charge >= 0.3 is 0 Å². The van der Waals surface area contributed by atoms with E-state index < -0.39 is 12.1 Å². The molecule has 3 nitrogen and oxygen atoms in total. The van der Waals surface area contributed by atoms with Crippen molar-refractivity contribution in [2.24, 2.45) is 0 Å². The minimum Gasteiger partial charge on any atom is -0.508 e. The highest BCUT2D eigenvalue weighted by atomic mass is 19.1. The maximum atomic E-state index is 13.3. The average molecular weight is 219 g/mol. The Labute approximate surface area is 91.8 Å². The van der Waals surface area contributed by atoms with Crippen molar-refractivity contribution in [1.82, 2.24) is 4.98 Å². The summed E-state index contributed by atoms with van der Waals surface area (Å²) < 4.78 is 13.3. The fourth-order valence-corrected chi connectivity index (χ4v) is 1.44. The molecule has 2 rings (SSSR count). The van der Waals surface area contributed by atoms with Crippen molar-refractivity contribution in [2.75, 3.05) is 0 Å². The normalized spacial score (nSPS) is 12.4. The van der Waals surface area contributed by atoms with Crippen LogP contribution in [0.4, 0.5) is 4.39 Å². The fourth-order valence-electron chi connectivity index (χ4n) is 1.44. The summed E-state index contributed by atoms with van der Waals surface area (Å²) in [5.74, 6) is -0.592. The van der Waals surface area contributed by atoms with Crippen LogP contribution in [-0.2, 0) is 0 Å². The predicted octanol–water partition coefficient (Wildman–Crippen LogP) is 2.01. The third kappa shape index (κ3) is 2.01. The van der Waals surface area contributed by atoms with Crippen LogP contribution in [0.15, 0.2) is 42.6 Å². The first-order valence-corrected chi connectivity index (χ1v) is 4.76. The van der Waals surface area contributed by atoms with Gasteiger partial charge in [-0.1, -0.05) is 12.1 Å². The number of aliphatic hydroxyl groups is 1. The molecule has 1 aromatic carbocycles. The van der Waals surface area contributed by atoms with Gasteiger partial charge in [0.1, 0.15) is 11.9 Å². The van der Waals surface area contributed by atoms with Crippen molar-refractivity contribution in [2.45, 2.75) is 6.10 Å². The van der Waals surface area contributed by atoms with Crippen LogP contribution in [0.3, 0.4) is 0 Å². The summed E-state index contributed by atoms with van der Waals surface area (Å²) in [6.45, 7) is 0. The Kier molecular flexibility index (Phi) is 2.83. The number of rotatable bonds is 2. The van der Waals surface area contributed by atoms with E-state index in [1.54, 1.807) is 6.07 Å². The molecule has 0 aliphatic heterocycles. The molecule has 0 aliphatic rings. The van der Waals surface area contributed by atoms with Gasteiger partial charge in [-0.25, -0.2) is 4.98 Å². The molecule has 0 spiro atoms. The Balaban J connectivity index is 2.35. The lowest BCUT2D eigenvalue weighted by Gasteiger charge is -2.11. The van der Waals surface area contributed by atoms with Crippen LogP contribution < -0.4 is 0 Å². The van der Waals surface area contributed by atoms with Crippen molar-refractivity contribution < 1.29 is 14.6 Å². The number of phenols is 1. The van der Waals surface area contributed by atoms with Crippen molar-refractivity contribution in [1.29, 1.82) is 0 Å². The molecule has 0 amide bonds. The summed E-state index contributed by atoms with van der Waals surface area (Å²) >= 11 is 0. The first-order chi connectivity index (χ1) is 7.68. The number of halogens is 1. The summed E-state index contributed by atoms with van der Waals surface area (Å²) in [6.07, 6.45) is 0.247. The maximum absolute atomic E-state index is 13.3. The highest BCUT2D eigenvalue weighted by Gasteiger charge is 2.14. The van der Waals surface area contributed by atoms with E-state index in [1.165, 1.54) is 36.5 Å². The van der Waals surface area contributed by atoms with Crippen LogP contribution in [0.2, 0.25) is 0 Å². The quantitative estimate of drug-likeness (QED) is 0.759. The molecular formula is C12H10FNO2. The molecule has 1 heterocycles. The molecule has 0 saturated carbocycles. The molecule has 1 atom stereocenters. The van der Waals surface area contributed by atoms with Crippen molar-refractivity contribution in [3.8, 4) is 5.75 Å². The van der Waals surface area contributed by atoms with E-state index in [0.29, 0.717) is 5.56 Å². The number of aromatic hydroxyl groups is 1. The Morgan fingerprint density at radius 3 is 2.44 bits per heavy atom. The summed E-state index contributed by atoms with van der Waals surface area (Å²) in [5.41, 5.74) is 0.623. The fraction of sp³-hybridized carbons (Fsp3) is 0.0833. The Morgan fingerprint density at radius 2 is 1.81 bits per heavy atom. The third-order valence-corrected chi connectivity index (χ3v) is 2.29. The number of pyridine rings is 1. The van der Waals surface area contributed by atoms with Gasteiger partial charge in [0.25, 0.3) is 0 Å². The average Bonchev–Trinajstić information content (AvgIpc) is 2.30. The van der Waals surface area contributed by atoms with Gasteiger partial charge in [-0.05, 0) is 29.8 Å². The number of hydrogen-bond acceptors (Lipinski definition) is 3. The summed E-state index contributed by atoms with van der Waals surface area (Å²) in [5, 5.41) is 19.0. The van der Waals surface area contributed by atoms with Crippen molar-refractivity contribution in [3.05, 3.63) is 59.7 Å². The van der Waals surface area contributed by atoms with Gasteiger partial charge in [0.05, 0.1) is 0 Å². The zero-order valence-electron chi connectivity index (χ0n) is 8.34. The molecule has 0 bridgehead atoms. The van der Waals surface area contributed by atoms with Crippen molar-refractivity contribution >= 4 is 0 Å². The van der Waals surface area contributed by atoms with Crippen LogP contribution >= 0.6 is 0 Å². The largest absolute Gasteiger partial charge is 0.508 e. The molecule has 0 aliphatic carbocycles. The second-order valence-corrected chi connectivity index (χ2v) is 3.38. The minimum absolute atomic E-state index is 0.0996. The number of phenolic OH excluding ortho intramolecular Hbond substituents is 1. The van der Waals surface area contributed by atoms with Gasteiger partial charge in [-0.15, -0.1) is 0 Å². The van der Waals surface area contributed by atoms with Gasteiger partial charge in [-0.2, -0.15) is 4.39 Å². The monoisotopic (exact) mass is 219 g/mol. The van der Waals surface area contributed by atoms with Gasteiger partial charge in [0, 0.05) is 11.8 Å². The van der Waals surface area contributed by atoms with Crippen LogP contribution in [0.1, 0.15) is 17.2 Å². The van der Waals surface area contributed by atoms with Crippen molar-refractivity contribution in [3.63, 3.8) is 0 Å². The molecule has 0 radical (unpaired) electrons. The minimum atomic E-state index is -1.07. The highest BCUT2D eigenvalue weighted by molar-refractivity contribution is 5.32. The van der Waals surface area contributed by atoms with Gasteiger partial charge in [-0.3, -0.25) is 0 Å². The van der Waals surface area contributed by atoms with E-state index in [4.69, 9.17) is 5.11 Å². The molecule has 0 saturated heterocycles. The smallest absolute Gasteiger partial charge is 0.218 e. The number of aliphatic hydroxyl groups excluding tert-OH is 1. The van der Waals surface area contributed by atoms with Gasteiger partial charge in [0.2, 0.25) is 5.95 Å². The first kappa shape index (κ1) is 10.6. The van der Waals surface area contributed by atoms with E-state index >= 15 is 0 Å². The zero-order valence-corrected chi connectivity index (χ0v) is 8.34. The molecule has 82 valence electrons. The predicted molar refractivity (Wildman–Crippen MR) is 56.4 cm³/mol. The lowest BCUT2D eigenvalue weighted by atomic mass is 10.0.